The first-order valence-electron chi connectivity index (χ1n) is 5.89. The minimum atomic E-state index is -3.80. The maximum absolute atomic E-state index is 13.1. The molecular weight excluding hydrogens is 271 g/mol. The molecule has 5 nitrogen and oxygen atoms in total. The Morgan fingerprint density at radius 3 is 2.63 bits per heavy atom. The molecule has 19 heavy (non-hydrogen) atoms. The summed E-state index contributed by atoms with van der Waals surface area (Å²) >= 11 is 0. The van der Waals surface area contributed by atoms with Gasteiger partial charge in [-0.05, 0) is 37.1 Å². The van der Waals surface area contributed by atoms with Crippen LogP contribution in [-0.4, -0.2) is 27.4 Å². The quantitative estimate of drug-likeness (QED) is 0.818. The summed E-state index contributed by atoms with van der Waals surface area (Å²) in [6.45, 7) is 3.53. The first-order chi connectivity index (χ1) is 8.86. The van der Waals surface area contributed by atoms with Gasteiger partial charge in [0.05, 0.1) is 11.4 Å². The van der Waals surface area contributed by atoms with Gasteiger partial charge in [0.25, 0.3) is 0 Å². The fourth-order valence-corrected chi connectivity index (χ4v) is 2.42. The van der Waals surface area contributed by atoms with Crippen molar-refractivity contribution < 1.29 is 17.6 Å². The average Bonchev–Trinajstić information content (AvgIpc) is 2.37. The highest BCUT2D eigenvalue weighted by atomic mass is 32.2. The molecule has 0 atom stereocenters. The van der Waals surface area contributed by atoms with E-state index in [-0.39, 0.29) is 17.0 Å². The largest absolute Gasteiger partial charge is 0.355 e. The smallest absolute Gasteiger partial charge is 0.241 e. The zero-order valence-electron chi connectivity index (χ0n) is 10.9. The number of carbonyl (C=O) groups excluding carboxylic acids is 1. The molecule has 0 spiro atoms. The molecule has 7 heteroatoms. The molecule has 1 aromatic rings. The lowest BCUT2D eigenvalue weighted by Crippen LogP contribution is -2.37. The third-order valence-electron chi connectivity index (χ3n) is 2.43. The van der Waals surface area contributed by atoms with Gasteiger partial charge in [0, 0.05) is 6.54 Å². The van der Waals surface area contributed by atoms with Crippen LogP contribution < -0.4 is 10.0 Å². The van der Waals surface area contributed by atoms with E-state index in [0.717, 1.165) is 18.6 Å². The van der Waals surface area contributed by atoms with Gasteiger partial charge in [-0.3, -0.25) is 4.79 Å². The number of rotatable bonds is 6. The molecule has 1 rings (SSSR count). The highest BCUT2D eigenvalue weighted by molar-refractivity contribution is 7.89. The number of nitrogens with one attached hydrogen (secondary N) is 2. The van der Waals surface area contributed by atoms with Crippen LogP contribution in [-0.2, 0) is 14.8 Å². The number of hydrogen-bond acceptors (Lipinski definition) is 3. The predicted molar refractivity (Wildman–Crippen MR) is 69.6 cm³/mol. The summed E-state index contributed by atoms with van der Waals surface area (Å²) in [5, 5.41) is 2.55. The van der Waals surface area contributed by atoms with Crippen molar-refractivity contribution in [1.29, 1.82) is 0 Å². The second kappa shape index (κ2) is 6.63. The maximum Gasteiger partial charge on any atom is 0.241 e. The minimum absolute atomic E-state index is 0.0605. The number of aryl methyl sites for hydroxylation is 1. The number of benzene rings is 1. The van der Waals surface area contributed by atoms with Crippen LogP contribution in [0.2, 0.25) is 0 Å². The van der Waals surface area contributed by atoms with E-state index in [0.29, 0.717) is 6.54 Å². The van der Waals surface area contributed by atoms with Crippen molar-refractivity contribution >= 4 is 15.9 Å². The van der Waals surface area contributed by atoms with Crippen LogP contribution in [0.4, 0.5) is 4.39 Å². The van der Waals surface area contributed by atoms with Gasteiger partial charge >= 0.3 is 0 Å². The van der Waals surface area contributed by atoms with Crippen molar-refractivity contribution in [3.63, 3.8) is 0 Å². The van der Waals surface area contributed by atoms with Gasteiger partial charge in [-0.2, -0.15) is 0 Å². The van der Waals surface area contributed by atoms with Gasteiger partial charge in [0.2, 0.25) is 15.9 Å². The maximum atomic E-state index is 13.1. The van der Waals surface area contributed by atoms with Crippen molar-refractivity contribution in [3.8, 4) is 0 Å². The Kier molecular flexibility index (Phi) is 5.44. The standard InChI is InChI=1S/C12H17FN2O3S/c1-3-6-14-12(16)8-15-19(17,18)10-4-5-11(13)9(2)7-10/h4-5,7,15H,3,6,8H2,1-2H3,(H,14,16). The number of hydrogen-bond donors (Lipinski definition) is 2. The Hall–Kier alpha value is -1.47. The zero-order chi connectivity index (χ0) is 14.5. The van der Waals surface area contributed by atoms with Crippen molar-refractivity contribution in [2.45, 2.75) is 25.2 Å². The molecule has 0 aromatic heterocycles. The Bertz CT molecular complexity index is 558. The fourth-order valence-electron chi connectivity index (χ4n) is 1.36. The summed E-state index contributed by atoms with van der Waals surface area (Å²) in [4.78, 5) is 11.2. The molecule has 1 aromatic carbocycles. The molecule has 0 bridgehead atoms. The Labute approximate surface area is 112 Å². The molecule has 0 unspecified atom stereocenters. The van der Waals surface area contributed by atoms with Gasteiger partial charge in [0.15, 0.2) is 0 Å². The van der Waals surface area contributed by atoms with Crippen LogP contribution in [0.5, 0.6) is 0 Å². The van der Waals surface area contributed by atoms with E-state index in [1.807, 2.05) is 6.92 Å². The molecule has 0 aliphatic heterocycles. The highest BCUT2D eigenvalue weighted by Crippen LogP contribution is 2.13. The SMILES string of the molecule is CCCNC(=O)CNS(=O)(=O)c1ccc(F)c(C)c1. The number of amides is 1. The fraction of sp³-hybridized carbons (Fsp3) is 0.417. The van der Waals surface area contributed by atoms with E-state index >= 15 is 0 Å². The monoisotopic (exact) mass is 288 g/mol. The van der Waals surface area contributed by atoms with Gasteiger partial charge in [-0.25, -0.2) is 17.5 Å². The summed E-state index contributed by atoms with van der Waals surface area (Å²) in [5.74, 6) is -0.871. The number of halogens is 1. The first-order valence-corrected chi connectivity index (χ1v) is 7.37. The van der Waals surface area contributed by atoms with Gasteiger partial charge in [-0.1, -0.05) is 6.92 Å². The molecule has 0 radical (unpaired) electrons. The van der Waals surface area contributed by atoms with Crippen LogP contribution in [0.15, 0.2) is 23.1 Å². The molecule has 0 saturated carbocycles. The number of sulfonamides is 1. The molecule has 0 aliphatic carbocycles. The minimum Gasteiger partial charge on any atom is -0.355 e. The highest BCUT2D eigenvalue weighted by Gasteiger charge is 2.16. The van der Waals surface area contributed by atoms with Crippen LogP contribution in [0.1, 0.15) is 18.9 Å². The van der Waals surface area contributed by atoms with Gasteiger partial charge < -0.3 is 5.32 Å². The lowest BCUT2D eigenvalue weighted by Gasteiger charge is -2.08. The second-order valence-corrected chi connectivity index (χ2v) is 5.85. The summed E-state index contributed by atoms with van der Waals surface area (Å²) in [7, 11) is -3.80. The van der Waals surface area contributed by atoms with E-state index in [9.17, 15) is 17.6 Å². The van der Waals surface area contributed by atoms with Crippen molar-refractivity contribution in [3.05, 3.63) is 29.6 Å². The molecule has 2 N–H and O–H groups in total. The third kappa shape index (κ3) is 4.60. The molecule has 0 aliphatic rings. The first kappa shape index (κ1) is 15.6. The molecule has 1 amide bonds. The lowest BCUT2D eigenvalue weighted by atomic mass is 10.2. The molecule has 0 fully saturated rings. The average molecular weight is 288 g/mol. The van der Waals surface area contributed by atoms with Crippen molar-refractivity contribution in [2.24, 2.45) is 0 Å². The Balaban J connectivity index is 2.70. The summed E-state index contributed by atoms with van der Waals surface area (Å²) in [5.41, 5.74) is 0.235. The second-order valence-electron chi connectivity index (χ2n) is 4.09. The van der Waals surface area contributed by atoms with E-state index in [1.165, 1.54) is 13.0 Å². The van der Waals surface area contributed by atoms with Crippen LogP contribution in [0.25, 0.3) is 0 Å². The molecule has 0 heterocycles. The normalized spacial score (nSPS) is 11.3. The van der Waals surface area contributed by atoms with Crippen molar-refractivity contribution in [1.82, 2.24) is 10.0 Å². The van der Waals surface area contributed by atoms with Crippen LogP contribution >= 0.6 is 0 Å². The lowest BCUT2D eigenvalue weighted by molar-refractivity contribution is -0.119. The van der Waals surface area contributed by atoms with Crippen LogP contribution in [0.3, 0.4) is 0 Å². The number of carbonyl (C=O) groups is 1. The summed E-state index contributed by atoms with van der Waals surface area (Å²) < 4.78 is 39.0. The summed E-state index contributed by atoms with van der Waals surface area (Å²) in [6, 6.07) is 3.47. The molecule has 106 valence electrons. The van der Waals surface area contributed by atoms with Gasteiger partial charge in [-0.15, -0.1) is 0 Å². The Morgan fingerprint density at radius 1 is 1.37 bits per heavy atom. The Morgan fingerprint density at radius 2 is 2.05 bits per heavy atom. The molecular formula is C12H17FN2O3S. The van der Waals surface area contributed by atoms with E-state index in [4.69, 9.17) is 0 Å². The van der Waals surface area contributed by atoms with Gasteiger partial charge in [0.1, 0.15) is 5.82 Å². The zero-order valence-corrected chi connectivity index (χ0v) is 11.7. The molecule has 0 saturated heterocycles. The van der Waals surface area contributed by atoms with Crippen LogP contribution in [0, 0.1) is 12.7 Å². The topological polar surface area (TPSA) is 75.3 Å². The summed E-state index contributed by atoms with van der Waals surface area (Å²) in [6.07, 6.45) is 0.773. The van der Waals surface area contributed by atoms with E-state index in [1.54, 1.807) is 0 Å². The predicted octanol–water partition coefficient (Wildman–Crippen LogP) is 0.939. The van der Waals surface area contributed by atoms with Crippen molar-refractivity contribution in [2.75, 3.05) is 13.1 Å². The van der Waals surface area contributed by atoms with E-state index < -0.39 is 21.7 Å². The van der Waals surface area contributed by atoms with E-state index in [2.05, 4.69) is 10.0 Å². The third-order valence-corrected chi connectivity index (χ3v) is 3.83.